The first-order valence-electron chi connectivity index (χ1n) is 8.04. The normalized spacial score (nSPS) is 46.6. The van der Waals surface area contributed by atoms with E-state index in [0.717, 1.165) is 18.4 Å². The van der Waals surface area contributed by atoms with Gasteiger partial charge in [0.1, 0.15) is 17.8 Å². The van der Waals surface area contributed by atoms with Crippen molar-refractivity contribution in [2.75, 3.05) is 0 Å². The Kier molecular flexibility index (Phi) is 3.79. The Morgan fingerprint density at radius 3 is 2.86 bits per heavy atom. The maximum atomic E-state index is 11.9. The summed E-state index contributed by atoms with van der Waals surface area (Å²) in [7, 11) is 0. The lowest BCUT2D eigenvalue weighted by Crippen LogP contribution is -2.39. The molecular weight excluding hydrogens is 284 g/mol. The van der Waals surface area contributed by atoms with E-state index in [-0.39, 0.29) is 42.1 Å². The summed E-state index contributed by atoms with van der Waals surface area (Å²) in [6.45, 7) is 7.37. The molecule has 0 radical (unpaired) electrons. The quantitative estimate of drug-likeness (QED) is 0.550. The molecule has 122 valence electrons. The topological polar surface area (TPSA) is 61.8 Å². The van der Waals surface area contributed by atoms with Crippen LogP contribution in [0.25, 0.3) is 0 Å². The fraction of sp³-hybridized carbons (Fsp3) is 0.765. The Morgan fingerprint density at radius 1 is 1.45 bits per heavy atom. The summed E-state index contributed by atoms with van der Waals surface area (Å²) in [5, 5.41) is 0. The monoisotopic (exact) mass is 308 g/mol. The Hall–Kier alpha value is -1.36. The molecule has 3 rings (SSSR count). The third-order valence-electron chi connectivity index (χ3n) is 5.43. The molecule has 0 spiro atoms. The van der Waals surface area contributed by atoms with Crippen LogP contribution in [-0.4, -0.2) is 35.9 Å². The number of hydrogen-bond acceptors (Lipinski definition) is 5. The van der Waals surface area contributed by atoms with E-state index in [2.05, 4.69) is 0 Å². The van der Waals surface area contributed by atoms with E-state index in [0.29, 0.717) is 6.42 Å². The molecule has 2 saturated heterocycles. The van der Waals surface area contributed by atoms with Crippen molar-refractivity contribution in [1.29, 1.82) is 0 Å². The molecule has 3 aliphatic rings. The van der Waals surface area contributed by atoms with Crippen molar-refractivity contribution >= 4 is 11.9 Å². The molecule has 0 aromatic heterocycles. The predicted molar refractivity (Wildman–Crippen MR) is 79.0 cm³/mol. The fourth-order valence-corrected chi connectivity index (χ4v) is 3.94. The lowest BCUT2D eigenvalue weighted by atomic mass is 9.81. The van der Waals surface area contributed by atoms with Crippen LogP contribution in [0.3, 0.4) is 0 Å². The minimum Gasteiger partial charge on any atom is -0.459 e. The van der Waals surface area contributed by atoms with Crippen LogP contribution in [0.5, 0.6) is 0 Å². The van der Waals surface area contributed by atoms with Crippen LogP contribution >= 0.6 is 0 Å². The minimum atomic E-state index is -0.494. The van der Waals surface area contributed by atoms with Crippen molar-refractivity contribution in [2.24, 2.45) is 11.8 Å². The molecule has 2 fully saturated rings. The van der Waals surface area contributed by atoms with Gasteiger partial charge in [-0.05, 0) is 38.3 Å². The second-order valence-corrected chi connectivity index (χ2v) is 7.06. The standard InChI is InChI=1S/C17H24O5/c1-9-7-14-12(10(2)16(19)21-14)5-6-17(4)15(20-11(3)18)8-13(9)22-17/h7,10,12-15H,5-6,8H2,1-4H3/b9-7-/t10-,12+,13-,14-,15-,17+/m1/s1. The van der Waals surface area contributed by atoms with Gasteiger partial charge in [-0.1, -0.05) is 6.92 Å². The van der Waals surface area contributed by atoms with Crippen LogP contribution in [0, 0.1) is 11.8 Å². The maximum Gasteiger partial charge on any atom is 0.309 e. The van der Waals surface area contributed by atoms with Gasteiger partial charge in [0.05, 0.1) is 12.0 Å². The molecule has 6 atom stereocenters. The summed E-state index contributed by atoms with van der Waals surface area (Å²) in [6.07, 6.45) is 3.80. The molecule has 3 heterocycles. The molecule has 0 unspecified atom stereocenters. The first kappa shape index (κ1) is 15.5. The van der Waals surface area contributed by atoms with E-state index < -0.39 is 5.60 Å². The highest BCUT2D eigenvalue weighted by atomic mass is 16.6. The summed E-state index contributed by atoms with van der Waals surface area (Å²) in [4.78, 5) is 23.2. The largest absolute Gasteiger partial charge is 0.459 e. The minimum absolute atomic E-state index is 0.0808. The lowest BCUT2D eigenvalue weighted by Gasteiger charge is -2.31. The van der Waals surface area contributed by atoms with Gasteiger partial charge >= 0.3 is 11.9 Å². The summed E-state index contributed by atoms with van der Waals surface area (Å²) in [6, 6.07) is 0. The third kappa shape index (κ3) is 2.56. The zero-order valence-corrected chi connectivity index (χ0v) is 13.6. The highest BCUT2D eigenvalue weighted by molar-refractivity contribution is 5.75. The van der Waals surface area contributed by atoms with Crippen molar-refractivity contribution in [1.82, 2.24) is 0 Å². The van der Waals surface area contributed by atoms with E-state index in [1.807, 2.05) is 26.8 Å². The Bertz CT molecular complexity index is 525. The molecule has 0 amide bonds. The molecule has 0 saturated carbocycles. The summed E-state index contributed by atoms with van der Waals surface area (Å²) in [5.41, 5.74) is 0.561. The van der Waals surface area contributed by atoms with Crippen molar-refractivity contribution in [3.63, 3.8) is 0 Å². The summed E-state index contributed by atoms with van der Waals surface area (Å²) in [5.74, 6) is -0.318. The second-order valence-electron chi connectivity index (χ2n) is 7.06. The maximum absolute atomic E-state index is 11.9. The predicted octanol–water partition coefficient (Wildman–Crippen LogP) is 2.38. The van der Waals surface area contributed by atoms with Gasteiger partial charge in [-0.15, -0.1) is 0 Å². The second kappa shape index (κ2) is 5.37. The molecule has 5 heteroatoms. The molecule has 3 aliphatic heterocycles. The Balaban J connectivity index is 1.89. The van der Waals surface area contributed by atoms with Crippen LogP contribution in [-0.2, 0) is 23.8 Å². The Labute approximate surface area is 131 Å². The highest BCUT2D eigenvalue weighted by Crippen LogP contribution is 2.44. The highest BCUT2D eigenvalue weighted by Gasteiger charge is 2.51. The number of carbonyl (C=O) groups excluding carboxylic acids is 2. The molecule has 5 nitrogen and oxygen atoms in total. The van der Waals surface area contributed by atoms with Crippen molar-refractivity contribution in [2.45, 2.75) is 70.9 Å². The molecule has 0 aromatic rings. The lowest BCUT2D eigenvalue weighted by molar-refractivity contribution is -0.156. The van der Waals surface area contributed by atoms with Crippen molar-refractivity contribution in [3.8, 4) is 0 Å². The number of hydrogen-bond donors (Lipinski definition) is 0. The van der Waals surface area contributed by atoms with Crippen molar-refractivity contribution in [3.05, 3.63) is 11.6 Å². The number of rotatable bonds is 1. The molecule has 0 aromatic carbocycles. The van der Waals surface area contributed by atoms with Crippen LogP contribution in [0.2, 0.25) is 0 Å². The van der Waals surface area contributed by atoms with Gasteiger partial charge in [-0.3, -0.25) is 9.59 Å². The molecular formula is C17H24O5. The van der Waals surface area contributed by atoms with Gasteiger partial charge in [0.25, 0.3) is 0 Å². The average molecular weight is 308 g/mol. The number of ether oxygens (including phenoxy) is 3. The van der Waals surface area contributed by atoms with Crippen LogP contribution in [0.15, 0.2) is 11.6 Å². The molecule has 0 aliphatic carbocycles. The van der Waals surface area contributed by atoms with Gasteiger partial charge < -0.3 is 14.2 Å². The first-order valence-corrected chi connectivity index (χ1v) is 8.04. The molecule has 0 N–H and O–H groups in total. The van der Waals surface area contributed by atoms with Gasteiger partial charge in [-0.25, -0.2) is 0 Å². The van der Waals surface area contributed by atoms with Gasteiger partial charge in [0.2, 0.25) is 0 Å². The smallest absolute Gasteiger partial charge is 0.309 e. The van der Waals surface area contributed by atoms with E-state index in [9.17, 15) is 9.59 Å². The van der Waals surface area contributed by atoms with Gasteiger partial charge in [0, 0.05) is 19.3 Å². The zero-order chi connectivity index (χ0) is 16.1. The van der Waals surface area contributed by atoms with Crippen LogP contribution in [0.1, 0.15) is 47.0 Å². The first-order chi connectivity index (χ1) is 10.3. The van der Waals surface area contributed by atoms with Gasteiger partial charge in [0.15, 0.2) is 0 Å². The van der Waals surface area contributed by atoms with E-state index >= 15 is 0 Å². The number of fused-ring (bicyclic) bond motifs is 3. The third-order valence-corrected chi connectivity index (χ3v) is 5.43. The average Bonchev–Trinajstić information content (AvgIpc) is 2.88. The number of esters is 2. The zero-order valence-electron chi connectivity index (χ0n) is 13.6. The Morgan fingerprint density at radius 2 is 2.18 bits per heavy atom. The van der Waals surface area contributed by atoms with Crippen LogP contribution in [0.4, 0.5) is 0 Å². The fourth-order valence-electron chi connectivity index (χ4n) is 3.94. The summed E-state index contributed by atoms with van der Waals surface area (Å²) >= 11 is 0. The van der Waals surface area contributed by atoms with E-state index in [1.165, 1.54) is 6.92 Å². The van der Waals surface area contributed by atoms with Crippen molar-refractivity contribution < 1.29 is 23.8 Å². The molecule has 22 heavy (non-hydrogen) atoms. The van der Waals surface area contributed by atoms with E-state index in [4.69, 9.17) is 14.2 Å². The SMILES string of the molecule is CC(=O)O[C@@H]1C[C@H]2O[C@@]1(C)CC[C@@H]1[C@@H](/C=C\2C)OC(=O)[C@@H]1C. The van der Waals surface area contributed by atoms with E-state index in [1.54, 1.807) is 0 Å². The van der Waals surface area contributed by atoms with Gasteiger partial charge in [-0.2, -0.15) is 0 Å². The summed E-state index contributed by atoms with van der Waals surface area (Å²) < 4.78 is 17.2. The molecule has 2 bridgehead atoms. The number of carbonyl (C=O) groups is 2. The van der Waals surface area contributed by atoms with Crippen LogP contribution < -0.4 is 0 Å².